The summed E-state index contributed by atoms with van der Waals surface area (Å²) in [4.78, 5) is 0. The molecule has 0 heterocycles. The molecule has 17 heavy (non-hydrogen) atoms. The van der Waals surface area contributed by atoms with E-state index < -0.39 is 0 Å². The summed E-state index contributed by atoms with van der Waals surface area (Å²) >= 11 is 0. The van der Waals surface area contributed by atoms with Gasteiger partial charge in [-0.1, -0.05) is 12.1 Å². The van der Waals surface area contributed by atoms with Crippen molar-refractivity contribution in [2.75, 3.05) is 40.0 Å². The van der Waals surface area contributed by atoms with Crippen LogP contribution in [0.5, 0.6) is 11.5 Å². The smallest absolute Gasteiger partial charge is 0.161 e. The number of hydrogen-bond acceptors (Lipinski definition) is 4. The summed E-state index contributed by atoms with van der Waals surface area (Å²) < 4.78 is 16.4. The van der Waals surface area contributed by atoms with Gasteiger partial charge in [-0.2, -0.15) is 0 Å². The largest absolute Gasteiger partial charge is 0.490 e. The molecule has 0 aliphatic rings. The van der Waals surface area contributed by atoms with Crippen LogP contribution in [0.2, 0.25) is 0 Å². The molecule has 0 saturated carbocycles. The number of ether oxygens (including phenoxy) is 3. The lowest BCUT2D eigenvalue weighted by molar-refractivity contribution is 0.101. The van der Waals surface area contributed by atoms with E-state index in [-0.39, 0.29) is 0 Å². The van der Waals surface area contributed by atoms with Crippen molar-refractivity contribution in [3.05, 3.63) is 24.3 Å². The fourth-order valence-corrected chi connectivity index (χ4v) is 1.33. The molecule has 0 radical (unpaired) electrons. The highest BCUT2D eigenvalue weighted by atomic mass is 16.5. The number of benzene rings is 1. The highest BCUT2D eigenvalue weighted by Crippen LogP contribution is 2.26. The first-order valence-corrected chi connectivity index (χ1v) is 5.95. The number of nitrogens with one attached hydrogen (secondary N) is 1. The molecule has 1 aromatic carbocycles. The molecule has 96 valence electrons. The van der Waals surface area contributed by atoms with E-state index in [1.165, 1.54) is 0 Å². The predicted octanol–water partition coefficient (Wildman–Crippen LogP) is 1.70. The van der Waals surface area contributed by atoms with Gasteiger partial charge < -0.3 is 19.5 Å². The van der Waals surface area contributed by atoms with Crippen LogP contribution < -0.4 is 14.8 Å². The van der Waals surface area contributed by atoms with E-state index in [0.29, 0.717) is 26.4 Å². The second-order valence-electron chi connectivity index (χ2n) is 3.44. The maximum absolute atomic E-state index is 5.60. The van der Waals surface area contributed by atoms with Crippen LogP contribution in [-0.2, 0) is 4.74 Å². The first kappa shape index (κ1) is 13.8. The van der Waals surface area contributed by atoms with Gasteiger partial charge in [-0.15, -0.1) is 0 Å². The molecule has 1 rings (SSSR count). The SMILES string of the molecule is CCOc1ccccc1OCCOCCNC. The highest BCUT2D eigenvalue weighted by Gasteiger charge is 2.02. The minimum absolute atomic E-state index is 0.536. The van der Waals surface area contributed by atoms with Gasteiger partial charge in [0.05, 0.1) is 19.8 Å². The first-order valence-electron chi connectivity index (χ1n) is 5.95. The van der Waals surface area contributed by atoms with Crippen molar-refractivity contribution in [2.45, 2.75) is 6.92 Å². The van der Waals surface area contributed by atoms with Crippen LogP contribution in [0.4, 0.5) is 0 Å². The summed E-state index contributed by atoms with van der Waals surface area (Å²) in [6, 6.07) is 7.67. The third-order valence-electron chi connectivity index (χ3n) is 2.13. The van der Waals surface area contributed by atoms with E-state index >= 15 is 0 Å². The molecule has 0 aromatic heterocycles. The van der Waals surface area contributed by atoms with Gasteiger partial charge >= 0.3 is 0 Å². The number of hydrogen-bond donors (Lipinski definition) is 1. The van der Waals surface area contributed by atoms with Crippen LogP contribution in [0.3, 0.4) is 0 Å². The lowest BCUT2D eigenvalue weighted by Crippen LogP contribution is -2.16. The average Bonchev–Trinajstić information content (AvgIpc) is 2.36. The van der Waals surface area contributed by atoms with E-state index in [1.807, 2.05) is 38.2 Å². The molecule has 1 N–H and O–H groups in total. The summed E-state index contributed by atoms with van der Waals surface area (Å²) in [6.07, 6.45) is 0. The third-order valence-corrected chi connectivity index (χ3v) is 2.13. The van der Waals surface area contributed by atoms with Crippen LogP contribution in [0, 0.1) is 0 Å². The molecule has 0 unspecified atom stereocenters. The Kier molecular flexibility index (Phi) is 7.18. The summed E-state index contributed by atoms with van der Waals surface area (Å²) in [5.74, 6) is 1.55. The Bertz CT molecular complexity index is 304. The molecular formula is C13H21NO3. The summed E-state index contributed by atoms with van der Waals surface area (Å²) in [5, 5.41) is 3.02. The van der Waals surface area contributed by atoms with Crippen molar-refractivity contribution in [3.8, 4) is 11.5 Å². The quantitative estimate of drug-likeness (QED) is 0.666. The standard InChI is InChI=1S/C13H21NO3/c1-3-16-12-6-4-5-7-13(12)17-11-10-15-9-8-14-2/h4-7,14H,3,8-11H2,1-2H3. The van der Waals surface area contributed by atoms with Crippen molar-refractivity contribution in [3.63, 3.8) is 0 Å². The lowest BCUT2D eigenvalue weighted by Gasteiger charge is -2.11. The second-order valence-corrected chi connectivity index (χ2v) is 3.44. The number of rotatable bonds is 9. The van der Waals surface area contributed by atoms with Crippen molar-refractivity contribution in [1.82, 2.24) is 5.32 Å². The number of likely N-dealkylation sites (N-methyl/N-ethyl adjacent to an activating group) is 1. The molecule has 0 fully saturated rings. The Hall–Kier alpha value is -1.26. The van der Waals surface area contributed by atoms with Gasteiger partial charge in [0.1, 0.15) is 6.61 Å². The predicted molar refractivity (Wildman–Crippen MR) is 67.9 cm³/mol. The Balaban J connectivity index is 2.25. The topological polar surface area (TPSA) is 39.7 Å². The zero-order chi connectivity index (χ0) is 12.3. The van der Waals surface area contributed by atoms with E-state index in [2.05, 4.69) is 5.32 Å². The molecular weight excluding hydrogens is 218 g/mol. The minimum Gasteiger partial charge on any atom is -0.490 e. The molecule has 0 atom stereocenters. The fraction of sp³-hybridized carbons (Fsp3) is 0.538. The minimum atomic E-state index is 0.536. The van der Waals surface area contributed by atoms with E-state index in [0.717, 1.165) is 18.0 Å². The summed E-state index contributed by atoms with van der Waals surface area (Å²) in [7, 11) is 1.90. The summed E-state index contributed by atoms with van der Waals surface area (Å²) in [6.45, 7) is 5.27. The van der Waals surface area contributed by atoms with Crippen LogP contribution >= 0.6 is 0 Å². The molecule has 0 amide bonds. The van der Waals surface area contributed by atoms with Crippen LogP contribution in [0.25, 0.3) is 0 Å². The van der Waals surface area contributed by atoms with Gasteiger partial charge in [0, 0.05) is 6.54 Å². The van der Waals surface area contributed by atoms with Crippen LogP contribution in [-0.4, -0.2) is 40.0 Å². The maximum atomic E-state index is 5.60. The maximum Gasteiger partial charge on any atom is 0.161 e. The molecule has 0 saturated heterocycles. The molecule has 4 heteroatoms. The Morgan fingerprint density at radius 2 is 1.71 bits per heavy atom. The van der Waals surface area contributed by atoms with Crippen molar-refractivity contribution >= 4 is 0 Å². The normalized spacial score (nSPS) is 10.2. The van der Waals surface area contributed by atoms with Gasteiger partial charge in [-0.3, -0.25) is 0 Å². The Labute approximate surface area is 103 Å². The van der Waals surface area contributed by atoms with Gasteiger partial charge in [0.25, 0.3) is 0 Å². The molecule has 0 aliphatic heterocycles. The lowest BCUT2D eigenvalue weighted by atomic mass is 10.3. The Morgan fingerprint density at radius 3 is 2.35 bits per heavy atom. The van der Waals surface area contributed by atoms with Crippen molar-refractivity contribution in [1.29, 1.82) is 0 Å². The summed E-state index contributed by atoms with van der Waals surface area (Å²) in [5.41, 5.74) is 0. The van der Waals surface area contributed by atoms with E-state index in [9.17, 15) is 0 Å². The van der Waals surface area contributed by atoms with Crippen LogP contribution in [0.15, 0.2) is 24.3 Å². The fourth-order valence-electron chi connectivity index (χ4n) is 1.33. The van der Waals surface area contributed by atoms with Gasteiger partial charge in [0.15, 0.2) is 11.5 Å². The van der Waals surface area contributed by atoms with Crippen LogP contribution in [0.1, 0.15) is 6.92 Å². The first-order chi connectivity index (χ1) is 8.38. The van der Waals surface area contributed by atoms with E-state index in [1.54, 1.807) is 0 Å². The monoisotopic (exact) mass is 239 g/mol. The molecule has 0 aliphatic carbocycles. The average molecular weight is 239 g/mol. The zero-order valence-corrected chi connectivity index (χ0v) is 10.6. The molecule has 4 nitrogen and oxygen atoms in total. The molecule has 1 aromatic rings. The second kappa shape index (κ2) is 8.84. The third kappa shape index (κ3) is 5.56. The number of para-hydroxylation sites is 2. The van der Waals surface area contributed by atoms with Gasteiger partial charge in [0.2, 0.25) is 0 Å². The zero-order valence-electron chi connectivity index (χ0n) is 10.6. The van der Waals surface area contributed by atoms with Gasteiger partial charge in [-0.25, -0.2) is 0 Å². The van der Waals surface area contributed by atoms with Gasteiger partial charge in [-0.05, 0) is 26.1 Å². The highest BCUT2D eigenvalue weighted by molar-refractivity contribution is 5.39. The van der Waals surface area contributed by atoms with E-state index in [4.69, 9.17) is 14.2 Å². The molecule has 0 bridgehead atoms. The van der Waals surface area contributed by atoms with Crippen molar-refractivity contribution < 1.29 is 14.2 Å². The Morgan fingerprint density at radius 1 is 1.00 bits per heavy atom. The molecule has 0 spiro atoms. The van der Waals surface area contributed by atoms with Crippen molar-refractivity contribution in [2.24, 2.45) is 0 Å².